The number of carbonyl (C=O) groups is 1. The molecule has 2 saturated heterocycles. The molecule has 290 valence electrons. The third kappa shape index (κ3) is 9.57. The number of piperazine rings is 1. The minimum Gasteiger partial charge on any atom is -0.444 e. The zero-order valence-corrected chi connectivity index (χ0v) is 34.1. The maximum atomic E-state index is 12.7. The van der Waals surface area contributed by atoms with E-state index < -0.39 is 15.6 Å². The summed E-state index contributed by atoms with van der Waals surface area (Å²) < 4.78 is 34.5. The minimum atomic E-state index is -3.39. The first-order valence-electron chi connectivity index (χ1n) is 18.8. The molecule has 3 aliphatic rings. The van der Waals surface area contributed by atoms with Gasteiger partial charge in [0.05, 0.1) is 17.0 Å². The van der Waals surface area contributed by atoms with Crippen LogP contribution in [0.5, 0.6) is 0 Å². The van der Waals surface area contributed by atoms with E-state index in [1.165, 1.54) is 16.1 Å². The molecule has 0 saturated carbocycles. The quantitative estimate of drug-likeness (QED) is 0.174. The summed E-state index contributed by atoms with van der Waals surface area (Å²) in [5.41, 5.74) is 6.96. The molecule has 0 radical (unpaired) electrons. The number of carbonyl (C=O) groups excluding carboxylic acids is 1. The molecule has 0 unspecified atom stereocenters. The number of aryl methyl sites for hydroxylation is 1. The molecule has 1 N–H and O–H groups in total. The highest BCUT2D eigenvalue weighted by Gasteiger charge is 2.46. The van der Waals surface area contributed by atoms with Crippen LogP contribution in [0.1, 0.15) is 67.1 Å². The van der Waals surface area contributed by atoms with Crippen molar-refractivity contribution in [2.24, 2.45) is 0 Å². The summed E-state index contributed by atoms with van der Waals surface area (Å²) >= 11 is 12.7. The average molecular weight is 804 g/mol. The summed E-state index contributed by atoms with van der Waals surface area (Å²) in [6.07, 6.45) is 3.48. The van der Waals surface area contributed by atoms with Gasteiger partial charge in [-0.1, -0.05) is 65.4 Å². The molecule has 1 aromatic heterocycles. The van der Waals surface area contributed by atoms with Gasteiger partial charge in [0.2, 0.25) is 10.0 Å². The Hall–Kier alpha value is -3.89. The van der Waals surface area contributed by atoms with Crippen LogP contribution < -0.4 is 5.32 Å². The fourth-order valence-corrected chi connectivity index (χ4v) is 8.80. The van der Waals surface area contributed by atoms with Gasteiger partial charge in [0.1, 0.15) is 5.60 Å². The van der Waals surface area contributed by atoms with Gasteiger partial charge in [0, 0.05) is 104 Å². The Bertz CT molecular complexity index is 2210. The van der Waals surface area contributed by atoms with Crippen LogP contribution in [0, 0.1) is 11.8 Å². The van der Waals surface area contributed by atoms with E-state index in [-0.39, 0.29) is 18.7 Å². The molecule has 2 fully saturated rings. The normalized spacial score (nSPS) is 18.6. The fourth-order valence-electron chi connectivity index (χ4n) is 7.72. The Labute approximate surface area is 334 Å². The third-order valence-corrected chi connectivity index (χ3v) is 12.3. The van der Waals surface area contributed by atoms with Crippen molar-refractivity contribution >= 4 is 39.3 Å². The molecular weight excluding hydrogens is 755 g/mol. The van der Waals surface area contributed by atoms with E-state index in [1.807, 2.05) is 80.3 Å². The number of nitrogens with one attached hydrogen (secondary N) is 1. The number of ether oxygens (including phenoxy) is 1. The number of aromatic nitrogens is 2. The van der Waals surface area contributed by atoms with Crippen LogP contribution in [-0.4, -0.2) is 88.5 Å². The van der Waals surface area contributed by atoms with E-state index in [4.69, 9.17) is 33.0 Å². The van der Waals surface area contributed by atoms with Gasteiger partial charge in [-0.15, -0.1) is 0 Å². The van der Waals surface area contributed by atoms with E-state index in [1.54, 1.807) is 0 Å². The number of likely N-dealkylation sites (tertiary alicyclic amines) is 2. The highest BCUT2D eigenvalue weighted by Crippen LogP contribution is 2.34. The minimum absolute atomic E-state index is 0.182. The molecule has 3 aliphatic heterocycles. The maximum Gasteiger partial charge on any atom is 0.410 e. The van der Waals surface area contributed by atoms with Crippen LogP contribution in [-0.2, 0) is 47.4 Å². The average Bonchev–Trinajstić information content (AvgIpc) is 3.85. The van der Waals surface area contributed by atoms with E-state index in [9.17, 15) is 13.2 Å². The first-order valence-corrected chi connectivity index (χ1v) is 21.4. The highest BCUT2D eigenvalue weighted by atomic mass is 35.5. The lowest BCUT2D eigenvalue weighted by Gasteiger charge is -2.35. The van der Waals surface area contributed by atoms with Crippen molar-refractivity contribution in [3.8, 4) is 23.1 Å². The van der Waals surface area contributed by atoms with Crippen LogP contribution in [0.4, 0.5) is 4.79 Å². The smallest absolute Gasteiger partial charge is 0.410 e. The topological polar surface area (TPSA) is 100 Å². The Kier molecular flexibility index (Phi) is 11.7. The van der Waals surface area contributed by atoms with Crippen molar-refractivity contribution in [1.29, 1.82) is 0 Å². The zero-order valence-electron chi connectivity index (χ0n) is 31.8. The van der Waals surface area contributed by atoms with Crippen molar-refractivity contribution in [2.75, 3.05) is 32.4 Å². The van der Waals surface area contributed by atoms with Gasteiger partial charge >= 0.3 is 6.09 Å². The van der Waals surface area contributed by atoms with Crippen molar-refractivity contribution in [3.63, 3.8) is 0 Å². The van der Waals surface area contributed by atoms with Gasteiger partial charge in [-0.05, 0) is 81.1 Å². The first-order chi connectivity index (χ1) is 26.2. The number of amides is 1. The lowest BCUT2D eigenvalue weighted by Crippen LogP contribution is -2.50. The fraction of sp³-hybridized carbons (Fsp3) is 0.429. The maximum absolute atomic E-state index is 12.7. The van der Waals surface area contributed by atoms with Crippen LogP contribution >= 0.6 is 23.2 Å². The largest absolute Gasteiger partial charge is 0.444 e. The predicted molar refractivity (Wildman–Crippen MR) is 217 cm³/mol. The van der Waals surface area contributed by atoms with Crippen molar-refractivity contribution in [2.45, 2.75) is 83.9 Å². The molecule has 3 aromatic carbocycles. The molecule has 1 amide bonds. The molecule has 55 heavy (non-hydrogen) atoms. The van der Waals surface area contributed by atoms with Crippen LogP contribution in [0.15, 0.2) is 66.7 Å². The predicted octanol–water partition coefficient (Wildman–Crippen LogP) is 6.95. The molecular formula is C42H48Cl2N6O4S. The van der Waals surface area contributed by atoms with E-state index in [2.05, 4.69) is 38.9 Å². The second-order valence-corrected chi connectivity index (χ2v) is 18.6. The summed E-state index contributed by atoms with van der Waals surface area (Å²) in [6, 6.07) is 22.2. The Balaban J connectivity index is 1.03. The summed E-state index contributed by atoms with van der Waals surface area (Å²) in [5, 5.41) is 9.84. The molecule has 0 aliphatic carbocycles. The molecule has 7 rings (SSSR count). The molecule has 10 nitrogen and oxygen atoms in total. The van der Waals surface area contributed by atoms with E-state index >= 15 is 0 Å². The number of nitrogens with zero attached hydrogens (tertiary/aromatic N) is 5. The molecule has 13 heteroatoms. The summed E-state index contributed by atoms with van der Waals surface area (Å²) in [7, 11) is -3.39. The molecule has 0 spiro atoms. The SMILES string of the molecule is CC(C)(C)OC(=O)N1C[C@@H]2C[C@H]1CN2CCCn1nc(-c2ccc(Cl)c(C#Cc3ccc(CNCc4ccc(Cl)cc4)cc3)c2)c2c1CCN(S(C)(=O)=O)C2. The number of fused-ring (bicyclic) bond motifs is 3. The molecule has 2 bridgehead atoms. The van der Waals surface area contributed by atoms with Gasteiger partial charge in [-0.25, -0.2) is 13.2 Å². The number of rotatable bonds is 10. The second-order valence-electron chi connectivity index (χ2n) is 15.7. The number of sulfonamides is 1. The summed E-state index contributed by atoms with van der Waals surface area (Å²) in [6.45, 7) is 11.0. The summed E-state index contributed by atoms with van der Waals surface area (Å²) in [5.74, 6) is 6.52. The molecule has 4 aromatic rings. The number of hydrogen-bond donors (Lipinski definition) is 1. The molecule has 4 heterocycles. The third-order valence-electron chi connectivity index (χ3n) is 10.5. The Morgan fingerprint density at radius 3 is 2.31 bits per heavy atom. The highest BCUT2D eigenvalue weighted by molar-refractivity contribution is 7.88. The molecule has 2 atom stereocenters. The van der Waals surface area contributed by atoms with Crippen molar-refractivity contribution in [3.05, 3.63) is 110 Å². The van der Waals surface area contributed by atoms with Crippen molar-refractivity contribution in [1.82, 2.24) is 29.2 Å². The van der Waals surface area contributed by atoms with Crippen LogP contribution in [0.2, 0.25) is 10.0 Å². The van der Waals surface area contributed by atoms with Crippen LogP contribution in [0.25, 0.3) is 11.3 Å². The lowest BCUT2D eigenvalue weighted by molar-refractivity contribution is 0.0128. The number of benzene rings is 3. The van der Waals surface area contributed by atoms with E-state index in [0.29, 0.717) is 42.7 Å². The van der Waals surface area contributed by atoms with Gasteiger partial charge in [-0.2, -0.15) is 9.40 Å². The number of hydrogen-bond acceptors (Lipinski definition) is 7. The van der Waals surface area contributed by atoms with Crippen LogP contribution in [0.3, 0.4) is 0 Å². The summed E-state index contributed by atoms with van der Waals surface area (Å²) in [4.78, 5) is 17.1. The van der Waals surface area contributed by atoms with Gasteiger partial charge < -0.3 is 15.0 Å². The van der Waals surface area contributed by atoms with Gasteiger partial charge in [0.25, 0.3) is 0 Å². The Morgan fingerprint density at radius 1 is 0.945 bits per heavy atom. The number of halogens is 2. The second kappa shape index (κ2) is 16.3. The standard InChI is InChI=1S/C42H48Cl2N6O4S/c1-42(2,3)54-41(51)49-27-35-23-36(49)26-47(35)19-5-20-50-39-18-21-48(55(4,52)53)28-37(39)40(46-50)33-14-17-38(44)32(22-33)13-10-29-6-8-30(9-7-29)24-45-25-31-11-15-34(43)16-12-31/h6-9,11-12,14-17,22,35-36,45H,5,18-21,23-28H2,1-4H3/t35-,36-/m0/s1. The monoisotopic (exact) mass is 802 g/mol. The van der Waals surface area contributed by atoms with Crippen molar-refractivity contribution < 1.29 is 17.9 Å². The first kappa shape index (κ1) is 39.3. The van der Waals surface area contributed by atoms with Gasteiger partial charge in [0.15, 0.2) is 0 Å². The van der Waals surface area contributed by atoms with E-state index in [0.717, 1.165) is 77.7 Å². The van der Waals surface area contributed by atoms with Gasteiger partial charge in [-0.3, -0.25) is 9.58 Å². The zero-order chi connectivity index (χ0) is 38.9. The Morgan fingerprint density at radius 2 is 1.65 bits per heavy atom. The lowest BCUT2D eigenvalue weighted by atomic mass is 10.0.